The topological polar surface area (TPSA) is 67.8 Å². The molecule has 0 aliphatic rings. The molecule has 0 spiro atoms. The zero-order valence-electron chi connectivity index (χ0n) is 7.42. The first-order chi connectivity index (χ1) is 6.68. The number of rotatable bonds is 1. The molecule has 14 heavy (non-hydrogen) atoms. The maximum absolute atomic E-state index is 5.83. The van der Waals surface area contributed by atoms with Crippen molar-refractivity contribution in [3.63, 3.8) is 0 Å². The zero-order chi connectivity index (χ0) is 10.1. The first kappa shape index (κ1) is 8.97. The van der Waals surface area contributed by atoms with Crippen LogP contribution >= 0.6 is 11.6 Å². The van der Waals surface area contributed by atoms with Crippen molar-refractivity contribution in [1.82, 2.24) is 4.98 Å². The van der Waals surface area contributed by atoms with Crippen molar-refractivity contribution in [2.45, 2.75) is 0 Å². The number of benzene rings is 1. The first-order valence-corrected chi connectivity index (χ1v) is 4.54. The van der Waals surface area contributed by atoms with E-state index in [0.717, 1.165) is 11.1 Å². The van der Waals surface area contributed by atoms with Gasteiger partial charge in [0.25, 0.3) is 0 Å². The summed E-state index contributed by atoms with van der Waals surface area (Å²) < 4.78 is 0. The summed E-state index contributed by atoms with van der Waals surface area (Å²) in [5.74, 6) is 0. The second-order valence-corrected chi connectivity index (χ2v) is 3.47. The van der Waals surface area contributed by atoms with Crippen molar-refractivity contribution < 1.29 is 0 Å². The molecule has 5 N–H and O–H groups in total. The van der Waals surface area contributed by atoms with Crippen molar-refractivity contribution >= 4 is 23.0 Å². The van der Waals surface area contributed by atoms with Crippen LogP contribution in [0, 0.1) is 0 Å². The molecule has 1 aromatic heterocycles. The van der Waals surface area contributed by atoms with Gasteiger partial charge in [0.1, 0.15) is 0 Å². The third-order valence-corrected chi connectivity index (χ3v) is 2.41. The second kappa shape index (κ2) is 3.27. The van der Waals surface area contributed by atoms with Gasteiger partial charge in [-0.2, -0.15) is 0 Å². The molecule has 2 aromatic rings. The van der Waals surface area contributed by atoms with E-state index in [9.17, 15) is 0 Å². The number of nitrogens with one attached hydrogen (secondary N) is 1. The van der Waals surface area contributed by atoms with Gasteiger partial charge in [0.05, 0.1) is 10.7 Å². The van der Waals surface area contributed by atoms with Crippen molar-refractivity contribution in [3.8, 4) is 11.1 Å². The van der Waals surface area contributed by atoms with Gasteiger partial charge in [-0.05, 0) is 18.2 Å². The molecule has 72 valence electrons. The summed E-state index contributed by atoms with van der Waals surface area (Å²) in [6, 6.07) is 5.37. The van der Waals surface area contributed by atoms with Crippen LogP contribution in [0.25, 0.3) is 11.1 Å². The zero-order valence-corrected chi connectivity index (χ0v) is 8.18. The van der Waals surface area contributed by atoms with Crippen LogP contribution in [0.15, 0.2) is 30.6 Å². The van der Waals surface area contributed by atoms with E-state index in [4.69, 9.17) is 23.1 Å². The van der Waals surface area contributed by atoms with Crippen LogP contribution in [0.1, 0.15) is 0 Å². The Morgan fingerprint density at radius 2 is 1.93 bits per heavy atom. The number of aromatic amines is 1. The van der Waals surface area contributed by atoms with E-state index in [1.54, 1.807) is 12.1 Å². The summed E-state index contributed by atoms with van der Waals surface area (Å²) in [5, 5.41) is 0.488. The molecule has 0 aliphatic carbocycles. The van der Waals surface area contributed by atoms with Gasteiger partial charge in [0.2, 0.25) is 0 Å². The molecule has 2 rings (SSSR count). The Bertz CT molecular complexity index is 449. The fraction of sp³-hybridized carbons (Fsp3) is 0. The summed E-state index contributed by atoms with van der Waals surface area (Å²) in [4.78, 5) is 2.96. The molecule has 0 aliphatic heterocycles. The van der Waals surface area contributed by atoms with Crippen molar-refractivity contribution in [2.75, 3.05) is 11.5 Å². The first-order valence-electron chi connectivity index (χ1n) is 4.16. The molecular formula is C10H10ClN3. The highest BCUT2D eigenvalue weighted by molar-refractivity contribution is 6.33. The minimum absolute atomic E-state index is 0.488. The molecule has 0 unspecified atom stereocenters. The molecule has 1 aromatic carbocycles. The molecule has 0 radical (unpaired) electrons. The average Bonchev–Trinajstić information content (AvgIpc) is 2.64. The van der Waals surface area contributed by atoms with Crippen molar-refractivity contribution in [1.29, 1.82) is 0 Å². The van der Waals surface area contributed by atoms with Gasteiger partial charge < -0.3 is 16.5 Å². The third-order valence-electron chi connectivity index (χ3n) is 2.08. The largest absolute Gasteiger partial charge is 0.398 e. The maximum Gasteiger partial charge on any atom is 0.0656 e. The summed E-state index contributed by atoms with van der Waals surface area (Å²) in [7, 11) is 0. The lowest BCUT2D eigenvalue weighted by Crippen LogP contribution is -1.93. The summed E-state index contributed by atoms with van der Waals surface area (Å²) in [6.45, 7) is 0. The minimum Gasteiger partial charge on any atom is -0.398 e. The molecule has 0 amide bonds. The monoisotopic (exact) mass is 207 g/mol. The number of hydrogen-bond donors (Lipinski definition) is 3. The fourth-order valence-electron chi connectivity index (χ4n) is 1.35. The van der Waals surface area contributed by atoms with E-state index in [1.807, 2.05) is 18.5 Å². The second-order valence-electron chi connectivity index (χ2n) is 3.06. The van der Waals surface area contributed by atoms with Crippen LogP contribution < -0.4 is 11.5 Å². The lowest BCUT2D eigenvalue weighted by Gasteiger charge is -2.06. The Morgan fingerprint density at radius 3 is 2.57 bits per heavy atom. The van der Waals surface area contributed by atoms with E-state index in [-0.39, 0.29) is 0 Å². The molecule has 4 heteroatoms. The van der Waals surface area contributed by atoms with Gasteiger partial charge in [0.15, 0.2) is 0 Å². The van der Waals surface area contributed by atoms with Gasteiger partial charge >= 0.3 is 0 Å². The van der Waals surface area contributed by atoms with Crippen LogP contribution in [0.2, 0.25) is 5.02 Å². The molecule has 0 saturated heterocycles. The predicted octanol–water partition coefficient (Wildman–Crippen LogP) is 2.50. The molecule has 0 saturated carbocycles. The Morgan fingerprint density at radius 1 is 1.14 bits per heavy atom. The lowest BCUT2D eigenvalue weighted by molar-refractivity contribution is 1.41. The molecular weight excluding hydrogens is 198 g/mol. The highest BCUT2D eigenvalue weighted by Gasteiger charge is 2.06. The number of H-pyrrole nitrogens is 1. The molecule has 1 heterocycles. The quantitative estimate of drug-likeness (QED) is 0.629. The standard InChI is InChI=1S/C10H10ClN3/c11-8-4-9(12)7(3-10(8)13)6-1-2-14-5-6/h1-5,14H,12-13H2. The van der Waals surface area contributed by atoms with E-state index < -0.39 is 0 Å². The summed E-state index contributed by atoms with van der Waals surface area (Å²) in [5.41, 5.74) is 14.6. The van der Waals surface area contributed by atoms with Gasteiger partial charge in [-0.3, -0.25) is 0 Å². The van der Waals surface area contributed by atoms with Crippen LogP contribution in [0.4, 0.5) is 11.4 Å². The van der Waals surface area contributed by atoms with Crippen LogP contribution in [0.3, 0.4) is 0 Å². The summed E-state index contributed by atoms with van der Waals surface area (Å²) in [6.07, 6.45) is 3.69. The minimum atomic E-state index is 0.488. The Balaban J connectivity index is 2.60. The highest BCUT2D eigenvalue weighted by atomic mass is 35.5. The number of nitrogen functional groups attached to an aromatic ring is 2. The highest BCUT2D eigenvalue weighted by Crippen LogP contribution is 2.32. The van der Waals surface area contributed by atoms with Gasteiger partial charge in [-0.15, -0.1) is 0 Å². The Kier molecular flexibility index (Phi) is 2.09. The van der Waals surface area contributed by atoms with Gasteiger partial charge in [-0.25, -0.2) is 0 Å². The number of hydrogen-bond acceptors (Lipinski definition) is 2. The number of nitrogens with two attached hydrogens (primary N) is 2. The molecule has 0 bridgehead atoms. The number of anilines is 2. The van der Waals surface area contributed by atoms with E-state index in [1.165, 1.54) is 0 Å². The SMILES string of the molecule is Nc1cc(-c2cc[nH]c2)c(N)cc1Cl. The van der Waals surface area contributed by atoms with E-state index in [2.05, 4.69) is 4.98 Å². The molecule has 3 nitrogen and oxygen atoms in total. The van der Waals surface area contributed by atoms with Crippen molar-refractivity contribution in [3.05, 3.63) is 35.6 Å². The fourth-order valence-corrected chi connectivity index (χ4v) is 1.52. The van der Waals surface area contributed by atoms with Gasteiger partial charge in [-0.1, -0.05) is 11.6 Å². The maximum atomic E-state index is 5.83. The summed E-state index contributed by atoms with van der Waals surface area (Å²) >= 11 is 5.83. The average molecular weight is 208 g/mol. The number of aromatic nitrogens is 1. The number of halogens is 1. The Hall–Kier alpha value is -1.61. The van der Waals surface area contributed by atoms with Crippen molar-refractivity contribution in [2.24, 2.45) is 0 Å². The molecule has 0 fully saturated rings. The lowest BCUT2D eigenvalue weighted by atomic mass is 10.1. The van der Waals surface area contributed by atoms with E-state index in [0.29, 0.717) is 16.4 Å². The Labute approximate surface area is 86.7 Å². The smallest absolute Gasteiger partial charge is 0.0656 e. The van der Waals surface area contributed by atoms with Gasteiger partial charge in [0, 0.05) is 29.2 Å². The molecule has 0 atom stereocenters. The predicted molar refractivity (Wildman–Crippen MR) is 60.1 cm³/mol. The third kappa shape index (κ3) is 1.42. The normalized spacial score (nSPS) is 10.4. The van der Waals surface area contributed by atoms with Crippen LogP contribution in [-0.2, 0) is 0 Å². The van der Waals surface area contributed by atoms with Crippen LogP contribution in [0.5, 0.6) is 0 Å². The van der Waals surface area contributed by atoms with E-state index >= 15 is 0 Å². The van der Waals surface area contributed by atoms with Crippen LogP contribution in [-0.4, -0.2) is 4.98 Å².